The van der Waals surface area contributed by atoms with Crippen molar-refractivity contribution in [3.8, 4) is 5.75 Å². The molecule has 0 radical (unpaired) electrons. The van der Waals surface area contributed by atoms with Crippen LogP contribution in [0.5, 0.6) is 5.75 Å². The first-order valence-corrected chi connectivity index (χ1v) is 7.23. The van der Waals surface area contributed by atoms with Gasteiger partial charge in [-0.2, -0.15) is 0 Å². The van der Waals surface area contributed by atoms with Crippen molar-refractivity contribution in [2.24, 2.45) is 10.9 Å². The molecule has 3 heteroatoms. The van der Waals surface area contributed by atoms with E-state index in [9.17, 15) is 0 Å². The molecule has 1 unspecified atom stereocenters. The smallest absolute Gasteiger partial charge is 0.220 e. The zero-order valence-corrected chi connectivity index (χ0v) is 11.5. The molecule has 1 aromatic rings. The van der Waals surface area contributed by atoms with Crippen molar-refractivity contribution in [1.29, 1.82) is 0 Å². The standard InChI is InChI=1S/C16H21NO2/c1-18-14-10-6-5-9-13(14)16-17-11-15(19-16)12-7-3-2-4-8-12/h5-6,9-10,12,15H,2-4,7-8,11H2,1H3. The molecule has 3 rings (SSSR count). The zero-order chi connectivity index (χ0) is 13.1. The third-order valence-corrected chi connectivity index (χ3v) is 4.19. The first-order chi connectivity index (χ1) is 9.38. The molecule has 0 spiro atoms. The highest BCUT2D eigenvalue weighted by molar-refractivity contribution is 5.97. The SMILES string of the molecule is COc1ccccc1C1=NCC(C2CCCCC2)O1. The number of para-hydroxylation sites is 1. The van der Waals surface area contributed by atoms with E-state index < -0.39 is 0 Å². The normalized spacial score (nSPS) is 23.8. The predicted octanol–water partition coefficient (Wildman–Crippen LogP) is 3.42. The van der Waals surface area contributed by atoms with Crippen LogP contribution in [0.3, 0.4) is 0 Å². The molecule has 2 aliphatic rings. The van der Waals surface area contributed by atoms with Crippen molar-refractivity contribution in [2.75, 3.05) is 13.7 Å². The van der Waals surface area contributed by atoms with E-state index in [0.29, 0.717) is 5.92 Å². The fourth-order valence-electron chi connectivity index (χ4n) is 3.11. The van der Waals surface area contributed by atoms with Crippen LogP contribution < -0.4 is 4.74 Å². The Kier molecular flexibility index (Phi) is 3.72. The Balaban J connectivity index is 1.70. The molecule has 0 amide bonds. The van der Waals surface area contributed by atoms with Gasteiger partial charge in [0.1, 0.15) is 11.9 Å². The Bertz CT molecular complexity index is 464. The minimum absolute atomic E-state index is 0.278. The summed E-state index contributed by atoms with van der Waals surface area (Å²) in [6, 6.07) is 7.93. The number of nitrogens with zero attached hydrogens (tertiary/aromatic N) is 1. The average molecular weight is 259 g/mol. The van der Waals surface area contributed by atoms with Crippen molar-refractivity contribution < 1.29 is 9.47 Å². The van der Waals surface area contributed by atoms with E-state index in [1.165, 1.54) is 32.1 Å². The lowest BCUT2D eigenvalue weighted by Crippen LogP contribution is -2.26. The summed E-state index contributed by atoms with van der Waals surface area (Å²) in [6.45, 7) is 0.804. The van der Waals surface area contributed by atoms with Gasteiger partial charge < -0.3 is 9.47 Å². The molecule has 0 bridgehead atoms. The maximum absolute atomic E-state index is 6.10. The van der Waals surface area contributed by atoms with Gasteiger partial charge in [-0.15, -0.1) is 0 Å². The third-order valence-electron chi connectivity index (χ3n) is 4.19. The van der Waals surface area contributed by atoms with E-state index in [1.54, 1.807) is 7.11 Å². The van der Waals surface area contributed by atoms with E-state index in [2.05, 4.69) is 4.99 Å². The van der Waals surface area contributed by atoms with Gasteiger partial charge in [-0.1, -0.05) is 31.4 Å². The van der Waals surface area contributed by atoms with Gasteiger partial charge in [0, 0.05) is 0 Å². The average Bonchev–Trinajstić information content (AvgIpc) is 2.98. The topological polar surface area (TPSA) is 30.8 Å². The van der Waals surface area contributed by atoms with Crippen LogP contribution in [-0.2, 0) is 4.74 Å². The van der Waals surface area contributed by atoms with Crippen LogP contribution in [0.4, 0.5) is 0 Å². The van der Waals surface area contributed by atoms with E-state index in [1.807, 2.05) is 24.3 Å². The van der Waals surface area contributed by atoms with Gasteiger partial charge in [0.05, 0.1) is 19.2 Å². The van der Waals surface area contributed by atoms with Gasteiger partial charge in [0.15, 0.2) is 0 Å². The van der Waals surface area contributed by atoms with Crippen LogP contribution in [0.15, 0.2) is 29.3 Å². The highest BCUT2D eigenvalue weighted by atomic mass is 16.5. The second kappa shape index (κ2) is 5.64. The molecule has 1 fully saturated rings. The number of hydrogen-bond donors (Lipinski definition) is 0. The Labute approximate surface area is 114 Å². The summed E-state index contributed by atoms with van der Waals surface area (Å²) in [5.74, 6) is 2.28. The molecule has 102 valence electrons. The lowest BCUT2D eigenvalue weighted by Gasteiger charge is -2.26. The third kappa shape index (κ3) is 2.60. The summed E-state index contributed by atoms with van der Waals surface area (Å²) >= 11 is 0. The summed E-state index contributed by atoms with van der Waals surface area (Å²) < 4.78 is 11.5. The number of benzene rings is 1. The van der Waals surface area contributed by atoms with Crippen LogP contribution in [0, 0.1) is 5.92 Å². The molecule has 19 heavy (non-hydrogen) atoms. The van der Waals surface area contributed by atoms with Crippen LogP contribution >= 0.6 is 0 Å². The summed E-state index contributed by atoms with van der Waals surface area (Å²) in [7, 11) is 1.69. The predicted molar refractivity (Wildman–Crippen MR) is 75.8 cm³/mol. The second-order valence-electron chi connectivity index (χ2n) is 5.40. The van der Waals surface area contributed by atoms with Gasteiger partial charge in [-0.05, 0) is 30.9 Å². The van der Waals surface area contributed by atoms with E-state index in [4.69, 9.17) is 9.47 Å². The van der Waals surface area contributed by atoms with Crippen molar-refractivity contribution in [3.05, 3.63) is 29.8 Å². The van der Waals surface area contributed by atoms with Crippen molar-refractivity contribution in [1.82, 2.24) is 0 Å². The van der Waals surface area contributed by atoms with E-state index in [0.717, 1.165) is 23.8 Å². The molecular weight excluding hydrogens is 238 g/mol. The van der Waals surface area contributed by atoms with Crippen LogP contribution in [-0.4, -0.2) is 25.7 Å². The molecule has 1 aliphatic carbocycles. The van der Waals surface area contributed by atoms with Crippen molar-refractivity contribution >= 4 is 5.90 Å². The number of methoxy groups -OCH3 is 1. The molecule has 0 saturated heterocycles. The van der Waals surface area contributed by atoms with Crippen LogP contribution in [0.2, 0.25) is 0 Å². The number of aliphatic imine (C=N–C) groups is 1. The lowest BCUT2D eigenvalue weighted by molar-refractivity contribution is 0.123. The Hall–Kier alpha value is -1.51. The Morgan fingerprint density at radius 2 is 1.95 bits per heavy atom. The molecule has 0 N–H and O–H groups in total. The lowest BCUT2D eigenvalue weighted by atomic mass is 9.85. The molecule has 1 saturated carbocycles. The van der Waals surface area contributed by atoms with Crippen molar-refractivity contribution in [2.45, 2.75) is 38.2 Å². The number of rotatable bonds is 3. The first kappa shape index (κ1) is 12.5. The fraction of sp³-hybridized carbons (Fsp3) is 0.562. The van der Waals surface area contributed by atoms with E-state index in [-0.39, 0.29) is 6.10 Å². The summed E-state index contributed by atoms with van der Waals surface area (Å²) in [6.07, 6.45) is 6.92. The first-order valence-electron chi connectivity index (χ1n) is 7.23. The van der Waals surface area contributed by atoms with Gasteiger partial charge in [-0.3, -0.25) is 0 Å². The fourth-order valence-corrected chi connectivity index (χ4v) is 3.11. The molecule has 1 heterocycles. The zero-order valence-electron chi connectivity index (χ0n) is 11.5. The van der Waals surface area contributed by atoms with Gasteiger partial charge in [-0.25, -0.2) is 4.99 Å². The van der Waals surface area contributed by atoms with Gasteiger partial charge >= 0.3 is 0 Å². The van der Waals surface area contributed by atoms with Crippen LogP contribution in [0.1, 0.15) is 37.7 Å². The quantitative estimate of drug-likeness (QED) is 0.832. The molecule has 1 atom stereocenters. The summed E-state index contributed by atoms with van der Waals surface area (Å²) in [5, 5.41) is 0. The largest absolute Gasteiger partial charge is 0.496 e. The monoisotopic (exact) mass is 259 g/mol. The van der Waals surface area contributed by atoms with Crippen LogP contribution in [0.25, 0.3) is 0 Å². The highest BCUT2D eigenvalue weighted by Gasteiger charge is 2.30. The number of ether oxygens (including phenoxy) is 2. The minimum Gasteiger partial charge on any atom is -0.496 e. The maximum Gasteiger partial charge on any atom is 0.220 e. The summed E-state index contributed by atoms with van der Waals surface area (Å²) in [5.41, 5.74) is 0.975. The molecule has 3 nitrogen and oxygen atoms in total. The highest BCUT2D eigenvalue weighted by Crippen LogP contribution is 2.32. The molecule has 1 aliphatic heterocycles. The van der Waals surface area contributed by atoms with E-state index >= 15 is 0 Å². The van der Waals surface area contributed by atoms with Gasteiger partial charge in [0.25, 0.3) is 0 Å². The maximum atomic E-state index is 6.10. The van der Waals surface area contributed by atoms with Crippen molar-refractivity contribution in [3.63, 3.8) is 0 Å². The molecule has 0 aromatic heterocycles. The Morgan fingerprint density at radius 1 is 1.16 bits per heavy atom. The number of hydrogen-bond acceptors (Lipinski definition) is 3. The molecule has 1 aromatic carbocycles. The summed E-state index contributed by atoms with van der Waals surface area (Å²) in [4.78, 5) is 4.59. The molecular formula is C16H21NO2. The second-order valence-corrected chi connectivity index (χ2v) is 5.40. The minimum atomic E-state index is 0.278. The Morgan fingerprint density at radius 3 is 2.74 bits per heavy atom. The van der Waals surface area contributed by atoms with Gasteiger partial charge in [0.2, 0.25) is 5.90 Å².